The normalized spacial score (nSPS) is 13.9. The van der Waals surface area contributed by atoms with E-state index < -0.39 is 6.10 Å². The summed E-state index contributed by atoms with van der Waals surface area (Å²) in [5.41, 5.74) is 3.17. The third-order valence-electron chi connectivity index (χ3n) is 3.84. The van der Waals surface area contributed by atoms with Crippen molar-refractivity contribution < 1.29 is 19.3 Å². The van der Waals surface area contributed by atoms with Gasteiger partial charge in [0.05, 0.1) is 13.2 Å². The average molecular weight is 315 g/mol. The van der Waals surface area contributed by atoms with Gasteiger partial charge < -0.3 is 24.6 Å². The van der Waals surface area contributed by atoms with E-state index in [1.54, 1.807) is 14.0 Å². The lowest BCUT2D eigenvalue weighted by molar-refractivity contribution is 0.171. The van der Waals surface area contributed by atoms with Gasteiger partial charge in [-0.25, -0.2) is 0 Å². The Morgan fingerprint density at radius 1 is 1.13 bits per heavy atom. The van der Waals surface area contributed by atoms with Crippen molar-refractivity contribution in [3.8, 4) is 17.2 Å². The molecule has 0 saturated heterocycles. The summed E-state index contributed by atoms with van der Waals surface area (Å²) < 4.78 is 16.2. The number of fused-ring (bicyclic) bond motifs is 1. The Balaban J connectivity index is 1.60. The summed E-state index contributed by atoms with van der Waals surface area (Å²) in [4.78, 5) is 0. The maximum atomic E-state index is 9.52. The van der Waals surface area contributed by atoms with Gasteiger partial charge in [-0.2, -0.15) is 0 Å². The highest BCUT2D eigenvalue weighted by atomic mass is 16.7. The maximum Gasteiger partial charge on any atom is 0.231 e. The Morgan fingerprint density at radius 3 is 2.57 bits per heavy atom. The third-order valence-corrected chi connectivity index (χ3v) is 3.84. The molecule has 1 aliphatic heterocycles. The minimum Gasteiger partial charge on any atom is -0.493 e. The predicted octanol–water partition coefficient (Wildman–Crippen LogP) is 2.77. The van der Waals surface area contributed by atoms with Crippen molar-refractivity contribution in [3.63, 3.8) is 0 Å². The summed E-state index contributed by atoms with van der Waals surface area (Å²) in [5, 5.41) is 12.9. The van der Waals surface area contributed by atoms with Gasteiger partial charge in [0.15, 0.2) is 11.5 Å². The number of rotatable bonds is 6. The van der Waals surface area contributed by atoms with E-state index in [1.165, 1.54) is 5.56 Å². The molecule has 1 aliphatic rings. The highest BCUT2D eigenvalue weighted by molar-refractivity contribution is 5.55. The summed E-state index contributed by atoms with van der Waals surface area (Å²) in [6, 6.07) is 11.9. The topological polar surface area (TPSA) is 60.0 Å². The van der Waals surface area contributed by atoms with Crippen molar-refractivity contribution in [2.75, 3.05) is 13.9 Å². The molecule has 0 amide bonds. The first kappa shape index (κ1) is 15.6. The van der Waals surface area contributed by atoms with Crippen LogP contribution in [0.4, 0.5) is 0 Å². The first-order valence-electron chi connectivity index (χ1n) is 7.61. The zero-order chi connectivity index (χ0) is 16.2. The Bertz CT molecular complexity index is 667. The molecule has 0 fully saturated rings. The molecule has 1 heterocycles. The van der Waals surface area contributed by atoms with E-state index in [1.807, 2.05) is 36.4 Å². The number of hydrogen-bond acceptors (Lipinski definition) is 5. The molecule has 0 spiro atoms. The summed E-state index contributed by atoms with van der Waals surface area (Å²) in [6.45, 7) is 3.44. The van der Waals surface area contributed by atoms with Crippen LogP contribution in [0.3, 0.4) is 0 Å². The van der Waals surface area contributed by atoms with Crippen molar-refractivity contribution in [3.05, 3.63) is 53.1 Å². The Hall–Kier alpha value is -2.24. The van der Waals surface area contributed by atoms with Crippen LogP contribution in [0.1, 0.15) is 29.7 Å². The minimum absolute atomic E-state index is 0.234. The fourth-order valence-corrected chi connectivity index (χ4v) is 2.55. The van der Waals surface area contributed by atoms with E-state index in [0.717, 1.165) is 23.4 Å². The van der Waals surface area contributed by atoms with Gasteiger partial charge in [-0.15, -0.1) is 0 Å². The van der Waals surface area contributed by atoms with Gasteiger partial charge in [0.1, 0.15) is 0 Å². The zero-order valence-corrected chi connectivity index (χ0v) is 13.3. The molecule has 5 nitrogen and oxygen atoms in total. The molecule has 0 radical (unpaired) electrons. The summed E-state index contributed by atoms with van der Waals surface area (Å²) in [5.74, 6) is 2.09. The molecule has 122 valence electrons. The maximum absolute atomic E-state index is 9.52. The lowest BCUT2D eigenvalue weighted by Crippen LogP contribution is -2.12. The van der Waals surface area contributed by atoms with Crippen LogP contribution in [0.25, 0.3) is 0 Å². The minimum atomic E-state index is -0.432. The van der Waals surface area contributed by atoms with Crippen molar-refractivity contribution in [1.82, 2.24) is 5.32 Å². The molecule has 2 aromatic rings. The molecule has 2 N–H and O–H groups in total. The lowest BCUT2D eigenvalue weighted by atomic mass is 10.1. The van der Waals surface area contributed by atoms with Gasteiger partial charge in [0, 0.05) is 13.1 Å². The molecule has 0 saturated carbocycles. The monoisotopic (exact) mass is 315 g/mol. The quantitative estimate of drug-likeness (QED) is 0.858. The molecule has 1 unspecified atom stereocenters. The van der Waals surface area contributed by atoms with Crippen LogP contribution in [0.5, 0.6) is 17.2 Å². The second kappa shape index (κ2) is 6.89. The number of aliphatic hydroxyl groups is 1. The smallest absolute Gasteiger partial charge is 0.231 e. The first-order chi connectivity index (χ1) is 11.2. The van der Waals surface area contributed by atoms with Crippen molar-refractivity contribution in [1.29, 1.82) is 0 Å². The van der Waals surface area contributed by atoms with E-state index >= 15 is 0 Å². The molecular weight excluding hydrogens is 294 g/mol. The lowest BCUT2D eigenvalue weighted by Gasteiger charge is -2.10. The highest BCUT2D eigenvalue weighted by Gasteiger charge is 2.19. The van der Waals surface area contributed by atoms with Crippen molar-refractivity contribution >= 4 is 0 Å². The second-order valence-corrected chi connectivity index (χ2v) is 5.55. The van der Waals surface area contributed by atoms with Crippen LogP contribution in [-0.2, 0) is 13.1 Å². The number of hydrogen-bond donors (Lipinski definition) is 2. The molecule has 23 heavy (non-hydrogen) atoms. The number of benzene rings is 2. The van der Waals surface area contributed by atoms with Gasteiger partial charge in [-0.1, -0.05) is 24.3 Å². The SMILES string of the molecule is COc1cc(CNCc2ccc(C(C)O)cc2)cc2c1OCO2. The van der Waals surface area contributed by atoms with E-state index in [4.69, 9.17) is 14.2 Å². The molecule has 0 bridgehead atoms. The summed E-state index contributed by atoms with van der Waals surface area (Å²) in [6.07, 6.45) is -0.432. The summed E-state index contributed by atoms with van der Waals surface area (Å²) >= 11 is 0. The van der Waals surface area contributed by atoms with Crippen LogP contribution in [-0.4, -0.2) is 19.0 Å². The fourth-order valence-electron chi connectivity index (χ4n) is 2.55. The van der Waals surface area contributed by atoms with Gasteiger partial charge >= 0.3 is 0 Å². The van der Waals surface area contributed by atoms with Crippen molar-refractivity contribution in [2.45, 2.75) is 26.1 Å². The predicted molar refractivity (Wildman–Crippen MR) is 86.7 cm³/mol. The molecule has 2 aromatic carbocycles. The van der Waals surface area contributed by atoms with E-state index in [2.05, 4.69) is 5.32 Å². The zero-order valence-electron chi connectivity index (χ0n) is 13.3. The Labute approximate surface area is 135 Å². The molecular formula is C18H21NO4. The number of nitrogens with one attached hydrogen (secondary N) is 1. The molecule has 3 rings (SSSR count). The number of aliphatic hydroxyl groups excluding tert-OH is 1. The van der Waals surface area contributed by atoms with Gasteiger partial charge in [0.2, 0.25) is 12.5 Å². The Morgan fingerprint density at radius 2 is 1.87 bits per heavy atom. The van der Waals surface area contributed by atoms with Crippen LogP contribution in [0.2, 0.25) is 0 Å². The third kappa shape index (κ3) is 3.57. The van der Waals surface area contributed by atoms with Crippen LogP contribution in [0, 0.1) is 0 Å². The average Bonchev–Trinajstić information content (AvgIpc) is 3.03. The molecule has 0 aliphatic carbocycles. The van der Waals surface area contributed by atoms with E-state index in [-0.39, 0.29) is 6.79 Å². The van der Waals surface area contributed by atoms with Crippen LogP contribution >= 0.6 is 0 Å². The molecule has 5 heteroatoms. The highest BCUT2D eigenvalue weighted by Crippen LogP contribution is 2.41. The van der Waals surface area contributed by atoms with Gasteiger partial charge in [-0.05, 0) is 35.7 Å². The fraction of sp³-hybridized carbons (Fsp3) is 0.333. The summed E-state index contributed by atoms with van der Waals surface area (Å²) in [7, 11) is 1.62. The van der Waals surface area contributed by atoms with Gasteiger partial charge in [-0.3, -0.25) is 0 Å². The van der Waals surface area contributed by atoms with E-state index in [0.29, 0.717) is 18.0 Å². The number of ether oxygens (including phenoxy) is 3. The number of methoxy groups -OCH3 is 1. The first-order valence-corrected chi connectivity index (χ1v) is 7.61. The van der Waals surface area contributed by atoms with E-state index in [9.17, 15) is 5.11 Å². The van der Waals surface area contributed by atoms with Crippen LogP contribution in [0.15, 0.2) is 36.4 Å². The second-order valence-electron chi connectivity index (χ2n) is 5.55. The van der Waals surface area contributed by atoms with Crippen molar-refractivity contribution in [2.24, 2.45) is 0 Å². The molecule has 1 atom stereocenters. The standard InChI is InChI=1S/C18H21NO4/c1-12(20)15-5-3-13(4-6-15)9-19-10-14-7-16(21-2)18-17(8-14)22-11-23-18/h3-8,12,19-20H,9-11H2,1-2H3. The van der Waals surface area contributed by atoms with Crippen LogP contribution < -0.4 is 19.5 Å². The Kier molecular flexibility index (Phi) is 4.69. The van der Waals surface area contributed by atoms with Gasteiger partial charge in [0.25, 0.3) is 0 Å². The largest absolute Gasteiger partial charge is 0.493 e. The molecule has 0 aromatic heterocycles.